The topological polar surface area (TPSA) is 41.9 Å². The van der Waals surface area contributed by atoms with E-state index in [-0.39, 0.29) is 0 Å². The molecule has 3 heterocycles. The molecule has 0 fully saturated rings. The van der Waals surface area contributed by atoms with Crippen LogP contribution in [0.5, 0.6) is 0 Å². The number of para-hydroxylation sites is 1. The van der Waals surface area contributed by atoms with Gasteiger partial charge < -0.3 is 0 Å². The summed E-state index contributed by atoms with van der Waals surface area (Å²) in [6, 6.07) is 9.72. The molecular formula is C18H14ClF3N4. The van der Waals surface area contributed by atoms with Crippen LogP contribution in [0.2, 0.25) is 5.15 Å². The number of hydrogen-bond donors (Lipinski definition) is 0. The van der Waals surface area contributed by atoms with Gasteiger partial charge in [0.25, 0.3) is 0 Å². The minimum atomic E-state index is -4.52. The highest BCUT2D eigenvalue weighted by Crippen LogP contribution is 2.28. The zero-order valence-electron chi connectivity index (χ0n) is 13.6. The normalized spacial score (nSPS) is 15.2. The number of rotatable bonds is 2. The van der Waals surface area contributed by atoms with E-state index in [1.807, 2.05) is 30.3 Å². The van der Waals surface area contributed by atoms with Gasteiger partial charge in [0.1, 0.15) is 5.15 Å². The number of alkyl halides is 3. The van der Waals surface area contributed by atoms with Crippen molar-refractivity contribution in [3.05, 3.63) is 64.3 Å². The number of hydrogen-bond acceptors (Lipinski definition) is 4. The summed E-state index contributed by atoms with van der Waals surface area (Å²) in [5.41, 5.74) is 2.90. The van der Waals surface area contributed by atoms with Crippen molar-refractivity contribution in [2.75, 3.05) is 6.54 Å². The van der Waals surface area contributed by atoms with E-state index in [2.05, 4.69) is 19.9 Å². The monoisotopic (exact) mass is 378 g/mol. The zero-order chi connectivity index (χ0) is 18.3. The molecule has 26 heavy (non-hydrogen) atoms. The summed E-state index contributed by atoms with van der Waals surface area (Å²) in [7, 11) is 0. The van der Waals surface area contributed by atoms with Crippen LogP contribution in [0, 0.1) is 0 Å². The summed E-state index contributed by atoms with van der Waals surface area (Å²) in [5, 5.41) is 1.45. The zero-order valence-corrected chi connectivity index (χ0v) is 14.3. The molecule has 1 aliphatic heterocycles. The minimum Gasteiger partial charge on any atom is -0.294 e. The number of aromatic nitrogens is 3. The van der Waals surface area contributed by atoms with Gasteiger partial charge in [0.05, 0.1) is 11.2 Å². The summed E-state index contributed by atoms with van der Waals surface area (Å²) in [5.74, 6) is -1.08. The largest absolute Gasteiger partial charge is 0.451 e. The lowest BCUT2D eigenvalue weighted by molar-refractivity contribution is -0.145. The third kappa shape index (κ3) is 3.37. The Morgan fingerprint density at radius 3 is 2.77 bits per heavy atom. The van der Waals surface area contributed by atoms with Crippen molar-refractivity contribution in [2.45, 2.75) is 25.7 Å². The number of pyridine rings is 1. The standard InChI is InChI=1S/C18H14ClF3N4/c19-16-12(7-11-3-1-2-4-14(11)24-16)9-26-6-5-15-13(10-26)8-23-17(25-15)18(20,21)22/h1-4,7-8H,5-6,9-10H2. The fourth-order valence-electron chi connectivity index (χ4n) is 3.13. The van der Waals surface area contributed by atoms with Crippen LogP contribution in [-0.2, 0) is 25.7 Å². The molecule has 0 N–H and O–H groups in total. The molecule has 2 aromatic heterocycles. The first-order chi connectivity index (χ1) is 12.4. The molecule has 1 aliphatic rings. The molecule has 3 aromatic rings. The summed E-state index contributed by atoms with van der Waals surface area (Å²) in [4.78, 5) is 13.7. The van der Waals surface area contributed by atoms with E-state index in [9.17, 15) is 13.2 Å². The maximum atomic E-state index is 12.7. The van der Waals surface area contributed by atoms with Crippen molar-refractivity contribution in [2.24, 2.45) is 0 Å². The molecular weight excluding hydrogens is 365 g/mol. The smallest absolute Gasteiger partial charge is 0.294 e. The van der Waals surface area contributed by atoms with Crippen LogP contribution in [0.25, 0.3) is 10.9 Å². The lowest BCUT2D eigenvalue weighted by Crippen LogP contribution is -2.31. The quantitative estimate of drug-likeness (QED) is 0.625. The van der Waals surface area contributed by atoms with Gasteiger partial charge in [-0.15, -0.1) is 0 Å². The summed E-state index contributed by atoms with van der Waals surface area (Å²) < 4.78 is 38.2. The second-order valence-electron chi connectivity index (χ2n) is 6.25. The Balaban J connectivity index is 1.55. The van der Waals surface area contributed by atoms with Gasteiger partial charge in [0, 0.05) is 48.8 Å². The van der Waals surface area contributed by atoms with E-state index in [1.165, 1.54) is 6.20 Å². The second-order valence-corrected chi connectivity index (χ2v) is 6.61. The fraction of sp³-hybridized carbons (Fsp3) is 0.278. The molecule has 0 atom stereocenters. The predicted octanol–water partition coefficient (Wildman–Crippen LogP) is 4.26. The van der Waals surface area contributed by atoms with Crippen LogP contribution in [-0.4, -0.2) is 26.4 Å². The number of benzene rings is 1. The molecule has 0 amide bonds. The molecule has 8 heteroatoms. The van der Waals surface area contributed by atoms with E-state index in [1.54, 1.807) is 0 Å². The predicted molar refractivity (Wildman–Crippen MR) is 91.6 cm³/mol. The van der Waals surface area contributed by atoms with Crippen LogP contribution in [0.4, 0.5) is 13.2 Å². The second kappa shape index (κ2) is 6.48. The third-order valence-electron chi connectivity index (χ3n) is 4.41. The van der Waals surface area contributed by atoms with E-state index in [0.29, 0.717) is 42.5 Å². The molecule has 0 spiro atoms. The molecule has 0 saturated heterocycles. The van der Waals surface area contributed by atoms with E-state index >= 15 is 0 Å². The first-order valence-corrected chi connectivity index (χ1v) is 8.46. The molecule has 4 rings (SSSR count). The molecule has 0 aliphatic carbocycles. The van der Waals surface area contributed by atoms with Crippen molar-refractivity contribution in [3.8, 4) is 0 Å². The number of nitrogens with zero attached hydrogens (tertiary/aromatic N) is 4. The van der Waals surface area contributed by atoms with Crippen LogP contribution in [0.15, 0.2) is 36.5 Å². The fourth-order valence-corrected chi connectivity index (χ4v) is 3.34. The van der Waals surface area contributed by atoms with Crippen LogP contribution in [0.1, 0.15) is 22.6 Å². The highest BCUT2D eigenvalue weighted by molar-refractivity contribution is 6.30. The van der Waals surface area contributed by atoms with Gasteiger partial charge in [0.2, 0.25) is 5.82 Å². The lowest BCUT2D eigenvalue weighted by atomic mass is 10.1. The lowest BCUT2D eigenvalue weighted by Gasteiger charge is -2.28. The molecule has 0 bridgehead atoms. The van der Waals surface area contributed by atoms with E-state index in [4.69, 9.17) is 11.6 Å². The van der Waals surface area contributed by atoms with Crippen molar-refractivity contribution >= 4 is 22.5 Å². The third-order valence-corrected chi connectivity index (χ3v) is 4.74. The van der Waals surface area contributed by atoms with Crippen LogP contribution in [0.3, 0.4) is 0 Å². The summed E-state index contributed by atoms with van der Waals surface area (Å²) >= 11 is 6.31. The molecule has 0 saturated carbocycles. The van der Waals surface area contributed by atoms with Gasteiger partial charge >= 0.3 is 6.18 Å². The van der Waals surface area contributed by atoms with Crippen molar-refractivity contribution in [1.82, 2.24) is 19.9 Å². The summed E-state index contributed by atoms with van der Waals surface area (Å²) in [6.45, 7) is 1.65. The highest BCUT2D eigenvalue weighted by Gasteiger charge is 2.35. The average Bonchev–Trinajstić information content (AvgIpc) is 2.61. The average molecular weight is 379 g/mol. The number of fused-ring (bicyclic) bond motifs is 2. The molecule has 1 aromatic carbocycles. The Labute approximate surface area is 152 Å². The van der Waals surface area contributed by atoms with E-state index in [0.717, 1.165) is 16.5 Å². The Morgan fingerprint density at radius 1 is 1.15 bits per heavy atom. The first kappa shape index (κ1) is 17.2. The Bertz CT molecular complexity index is 974. The van der Waals surface area contributed by atoms with Gasteiger partial charge in [-0.05, 0) is 12.1 Å². The van der Waals surface area contributed by atoms with Crippen LogP contribution < -0.4 is 0 Å². The minimum absolute atomic E-state index is 0.443. The van der Waals surface area contributed by atoms with Crippen LogP contribution >= 0.6 is 11.6 Å². The Hall–Kier alpha value is -2.25. The SMILES string of the molecule is FC(F)(F)c1ncc2c(n1)CCN(Cc1cc3ccccc3nc1Cl)C2. The Morgan fingerprint density at radius 2 is 1.96 bits per heavy atom. The molecule has 4 nitrogen and oxygen atoms in total. The molecule has 0 radical (unpaired) electrons. The Kier molecular flexibility index (Phi) is 4.28. The maximum Gasteiger partial charge on any atom is 0.451 e. The van der Waals surface area contributed by atoms with Gasteiger partial charge in [-0.1, -0.05) is 29.8 Å². The van der Waals surface area contributed by atoms with Gasteiger partial charge in [-0.3, -0.25) is 4.90 Å². The summed E-state index contributed by atoms with van der Waals surface area (Å²) in [6.07, 6.45) is -2.80. The first-order valence-electron chi connectivity index (χ1n) is 8.08. The van der Waals surface area contributed by atoms with Crippen molar-refractivity contribution in [3.63, 3.8) is 0 Å². The molecule has 134 valence electrons. The maximum absolute atomic E-state index is 12.7. The molecule has 0 unspecified atom stereocenters. The van der Waals surface area contributed by atoms with Gasteiger partial charge in [-0.2, -0.15) is 13.2 Å². The van der Waals surface area contributed by atoms with Gasteiger partial charge in [-0.25, -0.2) is 15.0 Å². The number of halogens is 4. The van der Waals surface area contributed by atoms with E-state index < -0.39 is 12.0 Å². The van der Waals surface area contributed by atoms with Crippen molar-refractivity contribution < 1.29 is 13.2 Å². The van der Waals surface area contributed by atoms with Gasteiger partial charge in [0.15, 0.2) is 0 Å². The highest BCUT2D eigenvalue weighted by atomic mass is 35.5. The van der Waals surface area contributed by atoms with Crippen molar-refractivity contribution in [1.29, 1.82) is 0 Å².